The second-order valence-corrected chi connectivity index (χ2v) is 2.77. The van der Waals surface area contributed by atoms with E-state index in [4.69, 9.17) is 0 Å². The summed E-state index contributed by atoms with van der Waals surface area (Å²) in [7, 11) is 0. The van der Waals surface area contributed by atoms with Crippen LogP contribution < -0.4 is 0 Å². The van der Waals surface area contributed by atoms with Gasteiger partial charge in [0, 0.05) is 6.07 Å². The van der Waals surface area contributed by atoms with E-state index in [2.05, 4.69) is 0 Å². The van der Waals surface area contributed by atoms with Gasteiger partial charge in [-0.2, -0.15) is 0 Å². The molecule has 0 bridgehead atoms. The van der Waals surface area contributed by atoms with Crippen molar-refractivity contribution in [1.29, 1.82) is 0 Å². The van der Waals surface area contributed by atoms with E-state index in [9.17, 15) is 20.3 Å². The summed E-state index contributed by atoms with van der Waals surface area (Å²) in [5, 5.41) is 28.9. The highest BCUT2D eigenvalue weighted by Gasteiger charge is 2.20. The molecule has 0 aliphatic heterocycles. The Labute approximate surface area is 74.4 Å². The van der Waals surface area contributed by atoms with Crippen molar-refractivity contribution in [3.63, 3.8) is 0 Å². The second kappa shape index (κ2) is 2.93. The van der Waals surface area contributed by atoms with E-state index < -0.39 is 4.92 Å². The summed E-state index contributed by atoms with van der Waals surface area (Å²) in [5.74, 6) is -0.537. The molecule has 1 aromatic carbocycles. The molecular formula is C8H9NO4. The van der Waals surface area contributed by atoms with Crippen molar-refractivity contribution < 1.29 is 15.1 Å². The number of phenolic OH excluding ortho intramolecular Hbond substituents is 2. The fraction of sp³-hybridized carbons (Fsp3) is 0.250. The molecule has 5 nitrogen and oxygen atoms in total. The summed E-state index contributed by atoms with van der Waals surface area (Å²) in [6, 6.07) is 1.09. The monoisotopic (exact) mass is 183 g/mol. The van der Waals surface area contributed by atoms with Gasteiger partial charge in [-0.3, -0.25) is 10.1 Å². The lowest BCUT2D eigenvalue weighted by atomic mass is 10.1. The van der Waals surface area contributed by atoms with Gasteiger partial charge in [0.15, 0.2) is 0 Å². The molecule has 0 aromatic heterocycles. The fourth-order valence-corrected chi connectivity index (χ4v) is 1.14. The van der Waals surface area contributed by atoms with Gasteiger partial charge >= 0.3 is 0 Å². The Hall–Kier alpha value is -1.78. The Kier molecular flexibility index (Phi) is 2.10. The van der Waals surface area contributed by atoms with Crippen molar-refractivity contribution in [1.82, 2.24) is 0 Å². The van der Waals surface area contributed by atoms with Gasteiger partial charge < -0.3 is 10.2 Å². The van der Waals surface area contributed by atoms with E-state index >= 15 is 0 Å². The van der Waals surface area contributed by atoms with Crippen molar-refractivity contribution in [2.45, 2.75) is 13.8 Å². The van der Waals surface area contributed by atoms with Crippen LogP contribution in [0.3, 0.4) is 0 Å². The number of rotatable bonds is 1. The zero-order valence-electron chi connectivity index (χ0n) is 7.24. The maximum Gasteiger partial charge on any atom is 0.282 e. The minimum atomic E-state index is -0.621. The summed E-state index contributed by atoms with van der Waals surface area (Å²) < 4.78 is 0. The van der Waals surface area contributed by atoms with Crippen LogP contribution in [0.5, 0.6) is 11.5 Å². The molecule has 13 heavy (non-hydrogen) atoms. The average Bonchev–Trinajstić information content (AvgIpc) is 2.01. The summed E-state index contributed by atoms with van der Waals surface area (Å²) >= 11 is 0. The van der Waals surface area contributed by atoms with Crippen LogP contribution in [0, 0.1) is 24.0 Å². The van der Waals surface area contributed by atoms with Gasteiger partial charge in [0.1, 0.15) is 11.5 Å². The molecule has 0 spiro atoms. The molecule has 1 aromatic rings. The molecule has 0 aliphatic carbocycles. The molecular weight excluding hydrogens is 174 g/mol. The number of aromatic hydroxyl groups is 2. The Morgan fingerprint density at radius 2 is 1.62 bits per heavy atom. The smallest absolute Gasteiger partial charge is 0.282 e. The average molecular weight is 183 g/mol. The third-order valence-corrected chi connectivity index (χ3v) is 1.93. The Morgan fingerprint density at radius 3 is 1.92 bits per heavy atom. The summed E-state index contributed by atoms with van der Waals surface area (Å²) in [6.07, 6.45) is 0. The number of phenols is 2. The first kappa shape index (κ1) is 9.31. The maximum absolute atomic E-state index is 10.5. The molecule has 0 saturated heterocycles. The number of nitro benzene ring substituents is 1. The molecule has 0 saturated carbocycles. The first-order valence-electron chi connectivity index (χ1n) is 3.61. The highest BCUT2D eigenvalue weighted by Crippen LogP contribution is 2.36. The Bertz CT molecular complexity index is 347. The second-order valence-electron chi connectivity index (χ2n) is 2.77. The van der Waals surface area contributed by atoms with Crippen LogP contribution in [0.4, 0.5) is 5.69 Å². The minimum Gasteiger partial charge on any atom is -0.507 e. The first-order chi connectivity index (χ1) is 5.95. The molecule has 0 radical (unpaired) electrons. The fourth-order valence-electron chi connectivity index (χ4n) is 1.14. The van der Waals surface area contributed by atoms with Gasteiger partial charge in [0.2, 0.25) is 0 Å². The summed E-state index contributed by atoms with van der Waals surface area (Å²) in [4.78, 5) is 9.91. The zero-order valence-corrected chi connectivity index (χ0v) is 7.24. The highest BCUT2D eigenvalue weighted by atomic mass is 16.6. The number of benzene rings is 1. The predicted octanol–water partition coefficient (Wildman–Crippen LogP) is 1.62. The number of nitrogens with zero attached hydrogens (tertiary/aromatic N) is 1. The van der Waals surface area contributed by atoms with Crippen molar-refractivity contribution in [2.24, 2.45) is 0 Å². The molecule has 1 rings (SSSR count). The number of nitro groups is 1. The van der Waals surface area contributed by atoms with Crippen LogP contribution >= 0.6 is 0 Å². The van der Waals surface area contributed by atoms with E-state index in [0.717, 1.165) is 6.07 Å². The maximum atomic E-state index is 10.5. The molecule has 0 amide bonds. The molecule has 0 atom stereocenters. The Morgan fingerprint density at radius 1 is 1.23 bits per heavy atom. The molecule has 2 N–H and O–H groups in total. The molecule has 0 unspecified atom stereocenters. The largest absolute Gasteiger partial charge is 0.507 e. The van der Waals surface area contributed by atoms with Crippen molar-refractivity contribution in [3.05, 3.63) is 27.3 Å². The predicted molar refractivity (Wildman–Crippen MR) is 45.9 cm³/mol. The lowest BCUT2D eigenvalue weighted by molar-refractivity contribution is -0.386. The third-order valence-electron chi connectivity index (χ3n) is 1.93. The summed E-state index contributed by atoms with van der Waals surface area (Å²) in [5.41, 5.74) is 0.0955. The van der Waals surface area contributed by atoms with Crippen LogP contribution in [0.15, 0.2) is 6.07 Å². The topological polar surface area (TPSA) is 83.6 Å². The molecule has 0 heterocycles. The molecule has 70 valence electrons. The normalized spacial score (nSPS) is 10.0. The molecule has 0 aliphatic rings. The molecule has 0 fully saturated rings. The highest BCUT2D eigenvalue weighted by molar-refractivity contribution is 5.59. The molecule has 5 heteroatoms. The van der Waals surface area contributed by atoms with Crippen LogP contribution in [0.2, 0.25) is 0 Å². The van der Waals surface area contributed by atoms with Gasteiger partial charge in [0.05, 0.1) is 16.1 Å². The standard InChI is InChI=1S/C8H9NO4/c1-4-6(10)3-7(11)5(2)8(4)9(12)13/h3,10-11H,1-2H3. The van der Waals surface area contributed by atoms with Crippen molar-refractivity contribution >= 4 is 5.69 Å². The minimum absolute atomic E-state index is 0.167. The number of hydrogen-bond donors (Lipinski definition) is 2. The van der Waals surface area contributed by atoms with Crippen LogP contribution in [0.25, 0.3) is 0 Å². The Balaban J connectivity index is 3.56. The van der Waals surface area contributed by atoms with Crippen LogP contribution in [-0.2, 0) is 0 Å². The van der Waals surface area contributed by atoms with E-state index in [-0.39, 0.29) is 28.3 Å². The van der Waals surface area contributed by atoms with Gasteiger partial charge in [-0.1, -0.05) is 0 Å². The van der Waals surface area contributed by atoms with E-state index in [1.165, 1.54) is 13.8 Å². The van der Waals surface area contributed by atoms with Gasteiger partial charge in [-0.05, 0) is 13.8 Å². The lowest BCUT2D eigenvalue weighted by Crippen LogP contribution is -1.95. The van der Waals surface area contributed by atoms with Crippen molar-refractivity contribution in [3.8, 4) is 11.5 Å². The van der Waals surface area contributed by atoms with E-state index in [1.54, 1.807) is 0 Å². The van der Waals surface area contributed by atoms with Crippen LogP contribution in [-0.4, -0.2) is 15.1 Å². The van der Waals surface area contributed by atoms with E-state index in [0.29, 0.717) is 0 Å². The summed E-state index contributed by atoms with van der Waals surface area (Å²) in [6.45, 7) is 2.86. The van der Waals surface area contributed by atoms with Crippen LogP contribution in [0.1, 0.15) is 11.1 Å². The quantitative estimate of drug-likeness (QED) is 0.511. The van der Waals surface area contributed by atoms with Gasteiger partial charge in [-0.25, -0.2) is 0 Å². The lowest BCUT2D eigenvalue weighted by Gasteiger charge is -2.05. The van der Waals surface area contributed by atoms with E-state index in [1.807, 2.05) is 0 Å². The van der Waals surface area contributed by atoms with Gasteiger partial charge in [-0.15, -0.1) is 0 Å². The third kappa shape index (κ3) is 1.40. The first-order valence-corrected chi connectivity index (χ1v) is 3.61. The number of hydrogen-bond acceptors (Lipinski definition) is 4. The SMILES string of the molecule is Cc1c(O)cc(O)c(C)c1[N+](=O)[O-]. The zero-order chi connectivity index (χ0) is 10.2. The van der Waals surface area contributed by atoms with Gasteiger partial charge in [0.25, 0.3) is 5.69 Å². The van der Waals surface area contributed by atoms with Crippen molar-refractivity contribution in [2.75, 3.05) is 0 Å².